The van der Waals surface area contributed by atoms with Crippen LogP contribution in [-0.2, 0) is 9.31 Å². The standard InChI is InChI=1S/C18H25BFNO3/c1-17(2)18(3,4)24-19(23-17)13-8-9-15(20)14(12-13)16(22)21-10-6-5-7-11-21/h8-9,12H,5-7,10-11H2,1-4H3. The number of hydrogen-bond donors (Lipinski definition) is 0. The van der Waals surface area contributed by atoms with E-state index in [4.69, 9.17) is 9.31 Å². The Balaban J connectivity index is 1.86. The first-order chi connectivity index (χ1) is 11.2. The molecule has 4 nitrogen and oxygen atoms in total. The Kier molecular flexibility index (Phi) is 4.47. The van der Waals surface area contributed by atoms with Gasteiger partial charge in [-0.15, -0.1) is 0 Å². The Morgan fingerprint density at radius 2 is 1.67 bits per heavy atom. The maximum Gasteiger partial charge on any atom is 0.494 e. The molecule has 0 radical (unpaired) electrons. The fraction of sp³-hybridized carbons (Fsp3) is 0.611. The van der Waals surface area contributed by atoms with Crippen LogP contribution in [0.25, 0.3) is 0 Å². The van der Waals surface area contributed by atoms with Crippen LogP contribution < -0.4 is 5.46 Å². The van der Waals surface area contributed by atoms with Crippen LogP contribution in [0.3, 0.4) is 0 Å². The molecule has 0 spiro atoms. The first-order valence-corrected chi connectivity index (χ1v) is 8.66. The van der Waals surface area contributed by atoms with Crippen molar-refractivity contribution in [1.29, 1.82) is 0 Å². The zero-order valence-electron chi connectivity index (χ0n) is 14.9. The summed E-state index contributed by atoms with van der Waals surface area (Å²) in [6.45, 7) is 9.26. The molecule has 0 atom stereocenters. The maximum atomic E-state index is 14.2. The zero-order chi connectivity index (χ0) is 17.5. The molecule has 24 heavy (non-hydrogen) atoms. The summed E-state index contributed by atoms with van der Waals surface area (Å²) in [7, 11) is -0.594. The van der Waals surface area contributed by atoms with E-state index < -0.39 is 24.1 Å². The summed E-state index contributed by atoms with van der Waals surface area (Å²) in [6, 6.07) is 4.54. The third-order valence-corrected chi connectivity index (χ3v) is 5.39. The van der Waals surface area contributed by atoms with Gasteiger partial charge < -0.3 is 14.2 Å². The molecular weight excluding hydrogens is 308 g/mol. The van der Waals surface area contributed by atoms with Gasteiger partial charge in [-0.3, -0.25) is 4.79 Å². The molecule has 2 aliphatic heterocycles. The largest absolute Gasteiger partial charge is 0.494 e. The van der Waals surface area contributed by atoms with Gasteiger partial charge in [0.2, 0.25) is 0 Å². The molecule has 3 rings (SSSR count). The molecule has 0 unspecified atom stereocenters. The Bertz CT molecular complexity index is 625. The highest BCUT2D eigenvalue weighted by atomic mass is 19.1. The molecule has 6 heteroatoms. The van der Waals surface area contributed by atoms with Crippen molar-refractivity contribution in [3.05, 3.63) is 29.6 Å². The highest BCUT2D eigenvalue weighted by Gasteiger charge is 2.51. The van der Waals surface area contributed by atoms with E-state index in [1.807, 2.05) is 27.7 Å². The number of hydrogen-bond acceptors (Lipinski definition) is 3. The maximum absolute atomic E-state index is 14.2. The predicted octanol–water partition coefficient (Wildman–Crippen LogP) is 2.75. The van der Waals surface area contributed by atoms with E-state index in [0.717, 1.165) is 19.3 Å². The first kappa shape index (κ1) is 17.4. The molecule has 2 fully saturated rings. The highest BCUT2D eigenvalue weighted by Crippen LogP contribution is 2.36. The fourth-order valence-corrected chi connectivity index (χ4v) is 3.10. The second-order valence-electron chi connectivity index (χ2n) is 7.68. The molecule has 2 heterocycles. The van der Waals surface area contributed by atoms with Crippen LogP contribution >= 0.6 is 0 Å². The van der Waals surface area contributed by atoms with Gasteiger partial charge in [0.25, 0.3) is 5.91 Å². The molecule has 1 amide bonds. The minimum Gasteiger partial charge on any atom is -0.399 e. The van der Waals surface area contributed by atoms with E-state index in [1.165, 1.54) is 6.07 Å². The van der Waals surface area contributed by atoms with Crippen LogP contribution in [0.2, 0.25) is 0 Å². The fourth-order valence-electron chi connectivity index (χ4n) is 3.10. The third kappa shape index (κ3) is 3.09. The quantitative estimate of drug-likeness (QED) is 0.781. The van der Waals surface area contributed by atoms with Crippen molar-refractivity contribution in [1.82, 2.24) is 4.90 Å². The number of nitrogens with zero attached hydrogens (tertiary/aromatic N) is 1. The molecule has 2 aliphatic rings. The predicted molar refractivity (Wildman–Crippen MR) is 91.9 cm³/mol. The molecule has 0 N–H and O–H groups in total. The Morgan fingerprint density at radius 1 is 1.08 bits per heavy atom. The summed E-state index contributed by atoms with van der Waals surface area (Å²) in [5.41, 5.74) is -0.161. The number of benzene rings is 1. The number of likely N-dealkylation sites (tertiary alicyclic amines) is 1. The number of carbonyl (C=O) groups excluding carboxylic acids is 1. The molecule has 2 saturated heterocycles. The average Bonchev–Trinajstić information content (AvgIpc) is 2.76. The van der Waals surface area contributed by atoms with Crippen molar-refractivity contribution >= 4 is 18.5 Å². The van der Waals surface area contributed by atoms with Gasteiger partial charge in [0, 0.05) is 13.1 Å². The zero-order valence-corrected chi connectivity index (χ0v) is 14.9. The van der Waals surface area contributed by atoms with E-state index in [-0.39, 0.29) is 11.5 Å². The van der Waals surface area contributed by atoms with Crippen molar-refractivity contribution in [2.75, 3.05) is 13.1 Å². The normalized spacial score (nSPS) is 22.7. The number of halogens is 1. The highest BCUT2D eigenvalue weighted by molar-refractivity contribution is 6.62. The molecule has 1 aromatic rings. The van der Waals surface area contributed by atoms with E-state index in [9.17, 15) is 9.18 Å². The summed E-state index contributed by atoms with van der Waals surface area (Å²) in [5.74, 6) is -0.739. The second kappa shape index (κ2) is 6.15. The van der Waals surface area contributed by atoms with Gasteiger partial charge in [0.15, 0.2) is 0 Å². The SMILES string of the molecule is CC1(C)OB(c2ccc(F)c(C(=O)N3CCCCC3)c2)OC1(C)C. The van der Waals surface area contributed by atoms with Gasteiger partial charge in [0.1, 0.15) is 5.82 Å². The monoisotopic (exact) mass is 333 g/mol. The summed E-state index contributed by atoms with van der Waals surface area (Å²) < 4.78 is 26.2. The Hall–Kier alpha value is -1.40. The smallest absolute Gasteiger partial charge is 0.399 e. The lowest BCUT2D eigenvalue weighted by atomic mass is 9.78. The van der Waals surface area contributed by atoms with Crippen LogP contribution in [-0.4, -0.2) is 42.2 Å². The number of piperidine rings is 1. The topological polar surface area (TPSA) is 38.8 Å². The minimum absolute atomic E-state index is 0.101. The van der Waals surface area contributed by atoms with Gasteiger partial charge >= 0.3 is 7.12 Å². The second-order valence-corrected chi connectivity index (χ2v) is 7.68. The van der Waals surface area contributed by atoms with Gasteiger partial charge in [-0.2, -0.15) is 0 Å². The van der Waals surface area contributed by atoms with E-state index in [0.29, 0.717) is 18.6 Å². The van der Waals surface area contributed by atoms with Gasteiger partial charge in [-0.1, -0.05) is 6.07 Å². The van der Waals surface area contributed by atoms with Crippen molar-refractivity contribution in [3.63, 3.8) is 0 Å². The van der Waals surface area contributed by atoms with E-state index in [1.54, 1.807) is 17.0 Å². The van der Waals surface area contributed by atoms with Crippen LogP contribution in [0.5, 0.6) is 0 Å². The number of amides is 1. The molecule has 0 aromatic heterocycles. The van der Waals surface area contributed by atoms with Crippen LogP contribution in [0.15, 0.2) is 18.2 Å². The molecule has 130 valence electrons. The van der Waals surface area contributed by atoms with Crippen LogP contribution in [0.4, 0.5) is 4.39 Å². The molecule has 0 saturated carbocycles. The van der Waals surface area contributed by atoms with Crippen molar-refractivity contribution in [2.45, 2.75) is 58.2 Å². The summed E-state index contributed by atoms with van der Waals surface area (Å²) >= 11 is 0. The molecule has 0 bridgehead atoms. The van der Waals surface area contributed by atoms with E-state index >= 15 is 0 Å². The number of carbonyl (C=O) groups is 1. The molecule has 0 aliphatic carbocycles. The van der Waals surface area contributed by atoms with Crippen molar-refractivity contribution in [3.8, 4) is 0 Å². The van der Waals surface area contributed by atoms with Crippen molar-refractivity contribution < 1.29 is 18.5 Å². The van der Waals surface area contributed by atoms with Crippen molar-refractivity contribution in [2.24, 2.45) is 0 Å². The third-order valence-electron chi connectivity index (χ3n) is 5.39. The minimum atomic E-state index is -0.594. The lowest BCUT2D eigenvalue weighted by Gasteiger charge is -2.32. The molecular formula is C18H25BFNO3. The van der Waals surface area contributed by atoms with Gasteiger partial charge in [-0.05, 0) is 64.6 Å². The number of rotatable bonds is 2. The van der Waals surface area contributed by atoms with Gasteiger partial charge in [-0.25, -0.2) is 4.39 Å². The van der Waals surface area contributed by atoms with Crippen LogP contribution in [0, 0.1) is 5.82 Å². The lowest BCUT2D eigenvalue weighted by Crippen LogP contribution is -2.41. The Morgan fingerprint density at radius 3 is 2.25 bits per heavy atom. The van der Waals surface area contributed by atoms with Gasteiger partial charge in [0.05, 0.1) is 16.8 Å². The molecule has 1 aromatic carbocycles. The van der Waals surface area contributed by atoms with E-state index in [2.05, 4.69) is 0 Å². The lowest BCUT2D eigenvalue weighted by molar-refractivity contribution is 0.00578. The Labute approximate surface area is 143 Å². The first-order valence-electron chi connectivity index (χ1n) is 8.66. The average molecular weight is 333 g/mol. The van der Waals surface area contributed by atoms with Crippen LogP contribution in [0.1, 0.15) is 57.3 Å². The summed E-state index contributed by atoms with van der Waals surface area (Å²) in [4.78, 5) is 14.4. The summed E-state index contributed by atoms with van der Waals surface area (Å²) in [6.07, 6.45) is 3.08. The summed E-state index contributed by atoms with van der Waals surface area (Å²) in [5, 5.41) is 0.